The van der Waals surface area contributed by atoms with Crippen molar-refractivity contribution < 1.29 is 4.39 Å². The zero-order valence-electron chi connectivity index (χ0n) is 11.3. The molecule has 0 bridgehead atoms. The fraction of sp³-hybridized carbons (Fsp3) is 0.333. The molecule has 0 saturated carbocycles. The summed E-state index contributed by atoms with van der Waals surface area (Å²) in [5.74, 6) is -0.203. The van der Waals surface area contributed by atoms with E-state index in [0.29, 0.717) is 5.02 Å². The minimum atomic E-state index is -0.203. The second kappa shape index (κ2) is 7.03. The molecule has 5 heteroatoms. The largest absolute Gasteiger partial charge is 0.306 e. The van der Waals surface area contributed by atoms with E-state index < -0.39 is 0 Å². The molecule has 1 N–H and O–H groups in total. The molecule has 0 fully saturated rings. The van der Waals surface area contributed by atoms with Crippen molar-refractivity contribution in [3.8, 4) is 0 Å². The monoisotopic (exact) mass is 375 g/mol. The van der Waals surface area contributed by atoms with Gasteiger partial charge in [0.1, 0.15) is 5.82 Å². The molecule has 2 aromatic rings. The van der Waals surface area contributed by atoms with Crippen molar-refractivity contribution in [1.29, 1.82) is 0 Å². The lowest BCUT2D eigenvalue weighted by molar-refractivity contribution is 0.596. The molecule has 1 aromatic heterocycles. The van der Waals surface area contributed by atoms with Crippen molar-refractivity contribution in [3.05, 3.63) is 54.9 Å². The Balaban J connectivity index is 2.41. The van der Waals surface area contributed by atoms with Gasteiger partial charge in [0, 0.05) is 4.88 Å². The molecule has 1 heterocycles. The van der Waals surface area contributed by atoms with Crippen molar-refractivity contribution in [3.63, 3.8) is 0 Å². The van der Waals surface area contributed by atoms with E-state index >= 15 is 0 Å². The Labute approximate surface area is 136 Å². The van der Waals surface area contributed by atoms with Gasteiger partial charge in [0.25, 0.3) is 0 Å². The van der Waals surface area contributed by atoms with Gasteiger partial charge in [-0.1, -0.05) is 24.6 Å². The average Bonchev–Trinajstić information content (AvgIpc) is 2.72. The van der Waals surface area contributed by atoms with E-state index in [4.69, 9.17) is 11.6 Å². The Morgan fingerprint density at radius 3 is 2.70 bits per heavy atom. The van der Waals surface area contributed by atoms with Crippen LogP contribution >= 0.6 is 38.9 Å². The lowest BCUT2D eigenvalue weighted by Crippen LogP contribution is -2.23. The molecular weight excluding hydrogens is 361 g/mol. The summed E-state index contributed by atoms with van der Waals surface area (Å²) in [7, 11) is 0. The summed E-state index contributed by atoms with van der Waals surface area (Å²) in [4.78, 5) is 1.13. The van der Waals surface area contributed by atoms with Gasteiger partial charge in [0.2, 0.25) is 0 Å². The molecule has 2 rings (SSSR count). The molecule has 1 unspecified atom stereocenters. The first kappa shape index (κ1) is 16.0. The number of rotatable bonds is 5. The molecule has 0 radical (unpaired) electrons. The third kappa shape index (κ3) is 3.61. The number of thiophene rings is 1. The molecule has 1 aromatic carbocycles. The first-order valence-corrected chi connectivity index (χ1v) is 8.45. The van der Waals surface area contributed by atoms with E-state index in [0.717, 1.165) is 32.8 Å². The predicted molar refractivity (Wildman–Crippen MR) is 88.3 cm³/mol. The molecule has 1 atom stereocenters. The van der Waals surface area contributed by atoms with Crippen LogP contribution in [0, 0.1) is 12.7 Å². The van der Waals surface area contributed by atoms with Crippen molar-refractivity contribution in [2.45, 2.75) is 26.3 Å². The fourth-order valence-corrected chi connectivity index (χ4v) is 3.96. The van der Waals surface area contributed by atoms with E-state index in [1.807, 2.05) is 19.1 Å². The van der Waals surface area contributed by atoms with Crippen LogP contribution in [-0.2, 0) is 0 Å². The summed E-state index contributed by atoms with van der Waals surface area (Å²) >= 11 is 11.2. The van der Waals surface area contributed by atoms with Crippen LogP contribution in [0.3, 0.4) is 0 Å². The normalized spacial score (nSPS) is 12.7. The first-order chi connectivity index (χ1) is 9.52. The minimum Gasteiger partial charge on any atom is -0.306 e. The summed E-state index contributed by atoms with van der Waals surface area (Å²) in [5.41, 5.74) is 2.03. The van der Waals surface area contributed by atoms with Crippen molar-refractivity contribution in [1.82, 2.24) is 5.32 Å². The van der Waals surface area contributed by atoms with Crippen LogP contribution in [0.25, 0.3) is 0 Å². The highest BCUT2D eigenvalue weighted by atomic mass is 79.9. The summed E-state index contributed by atoms with van der Waals surface area (Å²) in [6.07, 6.45) is 1.04. The molecule has 0 aliphatic heterocycles. The van der Waals surface area contributed by atoms with Crippen LogP contribution in [0.5, 0.6) is 0 Å². The van der Waals surface area contributed by atoms with Crippen LogP contribution in [0.4, 0.5) is 4.39 Å². The fourth-order valence-electron chi connectivity index (χ4n) is 2.12. The van der Waals surface area contributed by atoms with Crippen molar-refractivity contribution in [2.75, 3.05) is 6.54 Å². The molecule has 0 aliphatic rings. The van der Waals surface area contributed by atoms with Gasteiger partial charge >= 0.3 is 0 Å². The number of hydrogen-bond donors (Lipinski definition) is 1. The zero-order chi connectivity index (χ0) is 14.7. The van der Waals surface area contributed by atoms with Gasteiger partial charge in [0.05, 0.1) is 14.9 Å². The second-order valence-electron chi connectivity index (χ2n) is 4.66. The Morgan fingerprint density at radius 1 is 1.40 bits per heavy atom. The third-order valence-electron chi connectivity index (χ3n) is 3.09. The second-order valence-corrected chi connectivity index (χ2v) is 7.47. The van der Waals surface area contributed by atoms with E-state index in [1.54, 1.807) is 17.4 Å². The summed E-state index contributed by atoms with van der Waals surface area (Å²) in [5, 5.41) is 4.23. The third-order valence-corrected chi connectivity index (χ3v) is 5.63. The number of nitrogens with one attached hydrogen (secondary N) is 1. The quantitative estimate of drug-likeness (QED) is 0.705. The molecule has 20 heavy (non-hydrogen) atoms. The number of hydrogen-bond acceptors (Lipinski definition) is 2. The highest BCUT2D eigenvalue weighted by Gasteiger charge is 2.19. The van der Waals surface area contributed by atoms with Crippen LogP contribution < -0.4 is 5.32 Å². The Hall–Kier alpha value is -0.420. The van der Waals surface area contributed by atoms with Crippen LogP contribution in [0.1, 0.15) is 35.4 Å². The van der Waals surface area contributed by atoms with E-state index in [1.165, 1.54) is 6.07 Å². The highest BCUT2D eigenvalue weighted by molar-refractivity contribution is 9.11. The molecule has 0 saturated heterocycles. The first-order valence-electron chi connectivity index (χ1n) is 6.47. The maximum atomic E-state index is 13.3. The maximum Gasteiger partial charge on any atom is 0.123 e. The van der Waals surface area contributed by atoms with Crippen molar-refractivity contribution in [2.24, 2.45) is 0 Å². The minimum absolute atomic E-state index is 0.0457. The Bertz CT molecular complexity index is 580. The number of benzene rings is 1. The van der Waals surface area contributed by atoms with E-state index in [9.17, 15) is 4.39 Å². The highest BCUT2D eigenvalue weighted by Crippen LogP contribution is 2.38. The molecule has 0 spiro atoms. The van der Waals surface area contributed by atoms with Crippen molar-refractivity contribution >= 4 is 38.9 Å². The predicted octanol–water partition coefficient (Wildman–Crippen LogP) is 5.70. The van der Waals surface area contributed by atoms with E-state index in [2.05, 4.69) is 28.2 Å². The SMILES string of the molecule is CCCNC(c1cc(Cl)c(Br)s1)c1ccc(F)cc1C. The van der Waals surface area contributed by atoms with Gasteiger partial charge in [-0.2, -0.15) is 0 Å². The van der Waals surface area contributed by atoms with E-state index in [-0.39, 0.29) is 11.9 Å². The molecule has 0 aliphatic carbocycles. The Kier molecular flexibility index (Phi) is 5.61. The lowest BCUT2D eigenvalue weighted by atomic mass is 9.99. The summed E-state index contributed by atoms with van der Waals surface area (Å²) in [6.45, 7) is 4.96. The smallest absolute Gasteiger partial charge is 0.123 e. The Morgan fingerprint density at radius 2 is 2.15 bits per heavy atom. The van der Waals surface area contributed by atoms with Gasteiger partial charge < -0.3 is 5.32 Å². The van der Waals surface area contributed by atoms with Gasteiger partial charge in [-0.15, -0.1) is 11.3 Å². The van der Waals surface area contributed by atoms with Crippen LogP contribution in [-0.4, -0.2) is 6.54 Å². The number of halogens is 3. The van der Waals surface area contributed by atoms with Gasteiger partial charge in [-0.3, -0.25) is 0 Å². The van der Waals surface area contributed by atoms with Crippen LogP contribution in [0.15, 0.2) is 28.1 Å². The standard InChI is InChI=1S/C15H16BrClFNS/c1-3-6-19-14(13-8-12(17)15(16)20-13)11-5-4-10(18)7-9(11)2/h4-5,7-8,14,19H,3,6H2,1-2H3. The molecule has 0 amide bonds. The zero-order valence-corrected chi connectivity index (χ0v) is 14.5. The molecule has 1 nitrogen and oxygen atoms in total. The van der Waals surface area contributed by atoms with Gasteiger partial charge in [0.15, 0.2) is 0 Å². The molecule has 108 valence electrons. The van der Waals surface area contributed by atoms with Crippen LogP contribution in [0.2, 0.25) is 5.02 Å². The lowest BCUT2D eigenvalue weighted by Gasteiger charge is -2.19. The topological polar surface area (TPSA) is 12.0 Å². The molecular formula is C15H16BrClFNS. The number of aryl methyl sites for hydroxylation is 1. The summed E-state index contributed by atoms with van der Waals surface area (Å²) in [6, 6.07) is 6.93. The average molecular weight is 377 g/mol. The maximum absolute atomic E-state index is 13.3. The van der Waals surface area contributed by atoms with Gasteiger partial charge in [-0.25, -0.2) is 4.39 Å². The van der Waals surface area contributed by atoms with Gasteiger partial charge in [-0.05, 0) is 65.1 Å². The summed E-state index contributed by atoms with van der Waals surface area (Å²) < 4.78 is 14.2.